The van der Waals surface area contributed by atoms with E-state index in [2.05, 4.69) is 10.4 Å². The second kappa shape index (κ2) is 11.3. The zero-order chi connectivity index (χ0) is 29.4. The number of hydrogen-bond donors (Lipinski definition) is 1. The van der Waals surface area contributed by atoms with E-state index in [1.165, 1.54) is 4.68 Å². The first-order valence-electron chi connectivity index (χ1n) is 14.4. The monoisotopic (exact) mass is 570 g/mol. The smallest absolute Gasteiger partial charge is 0.277 e. The molecule has 0 radical (unpaired) electrons. The van der Waals surface area contributed by atoms with E-state index in [0.29, 0.717) is 67.3 Å². The van der Waals surface area contributed by atoms with E-state index in [4.69, 9.17) is 4.74 Å². The average molecular weight is 571 g/mol. The molecule has 3 aromatic rings. The summed E-state index contributed by atoms with van der Waals surface area (Å²) >= 11 is 0. The summed E-state index contributed by atoms with van der Waals surface area (Å²) in [5.74, 6) is 0.0770. The summed E-state index contributed by atoms with van der Waals surface area (Å²) in [6.45, 7) is 3.43. The highest BCUT2D eigenvalue weighted by Crippen LogP contribution is 2.31. The number of amides is 4. The molecular formula is C31H34N6O5. The topological polar surface area (TPSA) is 117 Å². The van der Waals surface area contributed by atoms with E-state index >= 15 is 0 Å². The van der Waals surface area contributed by atoms with Gasteiger partial charge in [-0.3, -0.25) is 19.2 Å². The SMILES string of the molecule is COc1ccc(-n2nc(C(=O)NC(C)N3CCCC3=O)c3c2C(=O)N(c2ccc(N4CCCCC4=O)cc2)CC3)cc1. The molecule has 2 aromatic carbocycles. The van der Waals surface area contributed by atoms with E-state index in [9.17, 15) is 19.2 Å². The van der Waals surface area contributed by atoms with Crippen LogP contribution in [0.25, 0.3) is 5.69 Å². The number of nitrogens with one attached hydrogen (secondary N) is 1. The second-order valence-electron chi connectivity index (χ2n) is 10.9. The van der Waals surface area contributed by atoms with Crippen LogP contribution in [0, 0.1) is 0 Å². The summed E-state index contributed by atoms with van der Waals surface area (Å²) in [6, 6.07) is 14.6. The molecule has 1 unspecified atom stereocenters. The van der Waals surface area contributed by atoms with Crippen LogP contribution in [0.1, 0.15) is 65.6 Å². The van der Waals surface area contributed by atoms with Gasteiger partial charge in [-0.05, 0) is 81.1 Å². The van der Waals surface area contributed by atoms with Crippen LogP contribution >= 0.6 is 0 Å². The van der Waals surface area contributed by atoms with Crippen molar-refractivity contribution in [2.75, 3.05) is 36.5 Å². The molecule has 0 aliphatic carbocycles. The summed E-state index contributed by atoms with van der Waals surface area (Å²) in [7, 11) is 1.58. The Morgan fingerprint density at radius 2 is 1.48 bits per heavy atom. The lowest BCUT2D eigenvalue weighted by molar-refractivity contribution is -0.129. The van der Waals surface area contributed by atoms with Gasteiger partial charge >= 0.3 is 0 Å². The van der Waals surface area contributed by atoms with E-state index < -0.39 is 12.1 Å². The lowest BCUT2D eigenvalue weighted by Crippen LogP contribution is -2.47. The van der Waals surface area contributed by atoms with Gasteiger partial charge in [0.05, 0.1) is 12.8 Å². The molecule has 42 heavy (non-hydrogen) atoms. The third-order valence-corrected chi connectivity index (χ3v) is 8.26. The van der Waals surface area contributed by atoms with Gasteiger partial charge in [0, 0.05) is 49.4 Å². The third-order valence-electron chi connectivity index (χ3n) is 8.26. The van der Waals surface area contributed by atoms with Gasteiger partial charge in [-0.25, -0.2) is 4.68 Å². The van der Waals surface area contributed by atoms with Gasteiger partial charge in [0.2, 0.25) is 11.8 Å². The number of fused-ring (bicyclic) bond motifs is 1. The Balaban J connectivity index is 1.32. The van der Waals surface area contributed by atoms with Gasteiger partial charge in [0.25, 0.3) is 11.8 Å². The maximum absolute atomic E-state index is 14.1. The Morgan fingerprint density at radius 3 is 2.12 bits per heavy atom. The molecule has 1 N–H and O–H groups in total. The summed E-state index contributed by atoms with van der Waals surface area (Å²) in [5, 5.41) is 7.56. The molecule has 3 aliphatic rings. The molecule has 218 valence electrons. The van der Waals surface area contributed by atoms with Crippen LogP contribution in [0.3, 0.4) is 0 Å². The standard InChI is InChI=1S/C31H34N6O5/c1-20(34-18-5-7-26(34)38)32-30(40)28-25-16-19-36(22-10-8-21(9-11-22)35-17-4-3-6-27(35)39)31(41)29(25)37(33-28)23-12-14-24(42-2)15-13-23/h8-15,20H,3-7,16-19H2,1-2H3,(H,32,40). The highest BCUT2D eigenvalue weighted by Gasteiger charge is 2.36. The Hall–Kier alpha value is -4.67. The number of carbonyl (C=O) groups excluding carboxylic acids is 4. The Morgan fingerprint density at radius 1 is 0.810 bits per heavy atom. The number of benzene rings is 2. The molecule has 4 amide bonds. The minimum Gasteiger partial charge on any atom is -0.497 e. The van der Waals surface area contributed by atoms with E-state index in [0.717, 1.165) is 24.9 Å². The molecule has 11 nitrogen and oxygen atoms in total. The van der Waals surface area contributed by atoms with Crippen molar-refractivity contribution in [3.8, 4) is 11.4 Å². The van der Waals surface area contributed by atoms with Crippen molar-refractivity contribution in [3.05, 3.63) is 65.5 Å². The first-order chi connectivity index (χ1) is 20.4. The third kappa shape index (κ3) is 4.99. The fourth-order valence-corrected chi connectivity index (χ4v) is 6.00. The summed E-state index contributed by atoms with van der Waals surface area (Å²) < 4.78 is 6.81. The lowest BCUT2D eigenvalue weighted by atomic mass is 10.0. The fraction of sp³-hybridized carbons (Fsp3) is 0.387. The van der Waals surface area contributed by atoms with Crippen LogP contribution in [0.5, 0.6) is 5.75 Å². The lowest BCUT2D eigenvalue weighted by Gasteiger charge is -2.30. The van der Waals surface area contributed by atoms with Gasteiger partial charge in [-0.15, -0.1) is 0 Å². The molecule has 6 rings (SSSR count). The highest BCUT2D eigenvalue weighted by atomic mass is 16.5. The highest BCUT2D eigenvalue weighted by molar-refractivity contribution is 6.10. The van der Waals surface area contributed by atoms with Gasteiger partial charge in [-0.1, -0.05) is 0 Å². The van der Waals surface area contributed by atoms with Crippen LogP contribution in [0.4, 0.5) is 11.4 Å². The van der Waals surface area contributed by atoms with Crippen molar-refractivity contribution in [2.45, 2.75) is 51.6 Å². The molecule has 11 heteroatoms. The quantitative estimate of drug-likeness (QED) is 0.466. The predicted molar refractivity (Wildman–Crippen MR) is 156 cm³/mol. The Bertz CT molecular complexity index is 1530. The number of anilines is 2. The number of carbonyl (C=O) groups is 4. The summed E-state index contributed by atoms with van der Waals surface area (Å²) in [4.78, 5) is 57.3. The fourth-order valence-electron chi connectivity index (χ4n) is 6.00. The molecule has 0 spiro atoms. The Kier molecular flexibility index (Phi) is 7.40. The molecule has 2 saturated heterocycles. The predicted octanol–water partition coefficient (Wildman–Crippen LogP) is 3.30. The molecule has 3 aliphatic heterocycles. The summed E-state index contributed by atoms with van der Waals surface area (Å²) in [6.07, 6.45) is 3.60. The zero-order valence-corrected chi connectivity index (χ0v) is 23.8. The molecule has 1 aromatic heterocycles. The van der Waals surface area contributed by atoms with Crippen molar-refractivity contribution in [1.29, 1.82) is 0 Å². The van der Waals surface area contributed by atoms with Crippen LogP contribution in [-0.2, 0) is 16.0 Å². The normalized spacial score (nSPS) is 17.9. The Labute approximate surface area is 244 Å². The van der Waals surface area contributed by atoms with Crippen LogP contribution < -0.4 is 19.9 Å². The van der Waals surface area contributed by atoms with Gasteiger partial charge < -0.3 is 24.8 Å². The summed E-state index contributed by atoms with van der Waals surface area (Å²) in [5.41, 5.74) is 3.20. The van der Waals surface area contributed by atoms with Gasteiger partial charge in [0.1, 0.15) is 17.6 Å². The number of nitrogens with zero attached hydrogens (tertiary/aromatic N) is 5. The molecule has 1 atom stereocenters. The largest absolute Gasteiger partial charge is 0.497 e. The maximum atomic E-state index is 14.1. The van der Waals surface area contributed by atoms with Crippen LogP contribution in [0.2, 0.25) is 0 Å². The number of aromatic nitrogens is 2. The van der Waals surface area contributed by atoms with E-state index in [1.807, 2.05) is 24.3 Å². The van der Waals surface area contributed by atoms with E-state index in [-0.39, 0.29) is 23.4 Å². The van der Waals surface area contributed by atoms with Gasteiger partial charge in [-0.2, -0.15) is 5.10 Å². The molecule has 0 saturated carbocycles. The van der Waals surface area contributed by atoms with Crippen molar-refractivity contribution >= 4 is 35.0 Å². The molecule has 2 fully saturated rings. The minimum absolute atomic E-state index is 0.00934. The van der Waals surface area contributed by atoms with Crippen LogP contribution in [0.15, 0.2) is 48.5 Å². The number of hydrogen-bond acceptors (Lipinski definition) is 6. The number of likely N-dealkylation sites (tertiary alicyclic amines) is 1. The van der Waals surface area contributed by atoms with E-state index in [1.54, 1.807) is 53.0 Å². The van der Waals surface area contributed by atoms with Crippen molar-refractivity contribution in [3.63, 3.8) is 0 Å². The van der Waals surface area contributed by atoms with Gasteiger partial charge in [0.15, 0.2) is 5.69 Å². The minimum atomic E-state index is -0.490. The molecule has 4 heterocycles. The second-order valence-corrected chi connectivity index (χ2v) is 10.9. The first-order valence-corrected chi connectivity index (χ1v) is 14.4. The maximum Gasteiger partial charge on any atom is 0.277 e. The van der Waals surface area contributed by atoms with Crippen molar-refractivity contribution in [2.24, 2.45) is 0 Å². The van der Waals surface area contributed by atoms with Crippen LogP contribution in [-0.4, -0.2) is 71.2 Å². The number of ether oxygens (including phenoxy) is 1. The number of piperidine rings is 1. The first kappa shape index (κ1) is 27.5. The van der Waals surface area contributed by atoms with Crippen molar-refractivity contribution in [1.82, 2.24) is 20.0 Å². The molecule has 0 bridgehead atoms. The number of rotatable bonds is 7. The molecular weight excluding hydrogens is 536 g/mol. The number of methoxy groups -OCH3 is 1. The average Bonchev–Trinajstić information content (AvgIpc) is 3.62. The van der Waals surface area contributed by atoms with Crippen molar-refractivity contribution < 1.29 is 23.9 Å². The zero-order valence-electron chi connectivity index (χ0n) is 23.8.